The molecule has 0 amide bonds. The van der Waals surface area contributed by atoms with Crippen LogP contribution in [0.4, 0.5) is 0 Å². The van der Waals surface area contributed by atoms with Gasteiger partial charge >= 0.3 is 19.4 Å². The van der Waals surface area contributed by atoms with E-state index in [1.54, 1.807) is 37.3 Å². The molecule has 0 unspecified atom stereocenters. The first-order valence-corrected chi connectivity index (χ1v) is 12.7. The first-order chi connectivity index (χ1) is 16.5. The predicted octanol–water partition coefficient (Wildman–Crippen LogP) is 1.54. The van der Waals surface area contributed by atoms with Gasteiger partial charge in [-0.25, -0.2) is 9.36 Å². The molecule has 1 aromatic carbocycles. The Morgan fingerprint density at radius 3 is 2.66 bits per heavy atom. The molecule has 0 spiro atoms. The number of carbonyl (C=O) groups excluding carboxylic acids is 1. The van der Waals surface area contributed by atoms with Crippen molar-refractivity contribution < 1.29 is 33.0 Å². The molecule has 0 saturated carbocycles. The average Bonchev–Trinajstić information content (AvgIpc) is 3.02. The van der Waals surface area contributed by atoms with Gasteiger partial charge < -0.3 is 19.1 Å². The number of nitrogens with zero attached hydrogens (tertiary/aromatic N) is 1. The van der Waals surface area contributed by atoms with Crippen molar-refractivity contribution >= 4 is 25.3 Å². The Bertz CT molecular complexity index is 1190. The van der Waals surface area contributed by atoms with E-state index in [0.717, 1.165) is 10.6 Å². The number of halogens is 1. The third-order valence-corrected chi connectivity index (χ3v) is 7.24. The lowest BCUT2D eigenvalue weighted by molar-refractivity contribution is -0.144. The Kier molecular flexibility index (Phi) is 8.58. The molecule has 0 bridgehead atoms. The van der Waals surface area contributed by atoms with Crippen LogP contribution < -0.4 is 20.9 Å². The SMILES string of the molecule is CCOC(=O)[C@@H](C)N[P@@](=O)(OC[C@H]1O[C@@H](n2ccc(=O)[nH]c2=O)[C@](C)(Cl)[C@@H]1O)Oc1ccccc1. The minimum absolute atomic E-state index is 0.122. The summed E-state index contributed by atoms with van der Waals surface area (Å²) in [4.78, 5) is 36.3. The summed E-state index contributed by atoms with van der Waals surface area (Å²) in [7, 11) is -4.20. The van der Waals surface area contributed by atoms with Crippen LogP contribution in [0, 0.1) is 0 Å². The van der Waals surface area contributed by atoms with E-state index in [9.17, 15) is 24.1 Å². The molecule has 6 atom stereocenters. The highest BCUT2D eigenvalue weighted by Crippen LogP contribution is 2.48. The molecule has 1 aliphatic rings. The number of aliphatic hydroxyl groups is 1. The Hall–Kier alpha value is -2.47. The largest absolute Gasteiger partial charge is 0.465 e. The average molecular weight is 532 g/mol. The highest BCUT2D eigenvalue weighted by Gasteiger charge is 2.54. The van der Waals surface area contributed by atoms with Gasteiger partial charge in [-0.05, 0) is 32.9 Å². The monoisotopic (exact) mass is 531 g/mol. The number of benzene rings is 1. The summed E-state index contributed by atoms with van der Waals surface area (Å²) < 4.78 is 36.3. The Labute approximate surface area is 205 Å². The molecule has 2 aromatic rings. The van der Waals surface area contributed by atoms with E-state index in [2.05, 4.69) is 10.1 Å². The van der Waals surface area contributed by atoms with E-state index in [1.165, 1.54) is 20.0 Å². The summed E-state index contributed by atoms with van der Waals surface area (Å²) in [6.07, 6.45) is -2.51. The Balaban J connectivity index is 1.80. The van der Waals surface area contributed by atoms with Crippen LogP contribution in [0.25, 0.3) is 0 Å². The topological polar surface area (TPSA) is 158 Å². The van der Waals surface area contributed by atoms with Crippen molar-refractivity contribution in [2.24, 2.45) is 0 Å². The second kappa shape index (κ2) is 11.1. The lowest BCUT2D eigenvalue weighted by atomic mass is 10.0. The number of hydrogen-bond donors (Lipinski definition) is 3. The number of ether oxygens (including phenoxy) is 2. The number of rotatable bonds is 10. The second-order valence-corrected chi connectivity index (χ2v) is 10.4. The highest BCUT2D eigenvalue weighted by molar-refractivity contribution is 7.52. The number of H-pyrrole nitrogens is 1. The van der Waals surface area contributed by atoms with Crippen molar-refractivity contribution in [1.29, 1.82) is 0 Å². The minimum atomic E-state index is -4.20. The molecule has 1 aliphatic heterocycles. The van der Waals surface area contributed by atoms with Crippen LogP contribution in [0.1, 0.15) is 27.0 Å². The van der Waals surface area contributed by atoms with E-state index in [-0.39, 0.29) is 12.4 Å². The standard InChI is InChI=1S/C21H27ClN3O9P/c1-4-31-18(28)13(2)24-35(30,34-14-8-6-5-7-9-14)32-12-15-17(27)21(3,22)19(33-15)25-11-10-16(26)23-20(25)29/h5-11,13,15,17,19,27H,4,12H2,1-3H3,(H,24,30)(H,23,26,29)/t13-,15-,17-,19-,21-,35-/m1/s1. The third kappa shape index (κ3) is 6.40. The van der Waals surface area contributed by atoms with Crippen LogP contribution in [0.15, 0.2) is 52.2 Å². The molecular weight excluding hydrogens is 505 g/mol. The highest BCUT2D eigenvalue weighted by atomic mass is 35.5. The molecule has 3 N–H and O–H groups in total. The van der Waals surface area contributed by atoms with Gasteiger partial charge in [-0.1, -0.05) is 18.2 Å². The molecule has 14 heteroatoms. The number of aliphatic hydroxyl groups excluding tert-OH is 1. The van der Waals surface area contributed by atoms with Crippen LogP contribution in [0.2, 0.25) is 0 Å². The maximum Gasteiger partial charge on any atom is 0.459 e. The van der Waals surface area contributed by atoms with Gasteiger partial charge in [0.05, 0.1) is 13.2 Å². The van der Waals surface area contributed by atoms with Gasteiger partial charge in [0, 0.05) is 12.3 Å². The zero-order valence-corrected chi connectivity index (χ0v) is 20.9. The van der Waals surface area contributed by atoms with Crippen molar-refractivity contribution in [2.45, 2.75) is 50.1 Å². The molecule has 1 aromatic heterocycles. The summed E-state index contributed by atoms with van der Waals surface area (Å²) in [5.41, 5.74) is -1.40. The summed E-state index contributed by atoms with van der Waals surface area (Å²) >= 11 is 6.51. The smallest absolute Gasteiger partial charge is 0.459 e. The van der Waals surface area contributed by atoms with Crippen LogP contribution in [0.5, 0.6) is 5.75 Å². The summed E-state index contributed by atoms with van der Waals surface area (Å²) in [5.74, 6) is -0.469. The molecule has 35 heavy (non-hydrogen) atoms. The molecule has 1 fully saturated rings. The normalized spacial score (nSPS) is 26.6. The number of hydrogen-bond acceptors (Lipinski definition) is 9. The Morgan fingerprint density at radius 2 is 2.03 bits per heavy atom. The number of esters is 1. The maximum atomic E-state index is 13.5. The summed E-state index contributed by atoms with van der Waals surface area (Å²) in [5, 5.41) is 13.3. The van der Waals surface area contributed by atoms with E-state index in [0.29, 0.717) is 0 Å². The van der Waals surface area contributed by atoms with Crippen molar-refractivity contribution in [2.75, 3.05) is 13.2 Å². The van der Waals surface area contributed by atoms with E-state index >= 15 is 0 Å². The van der Waals surface area contributed by atoms with Crippen LogP contribution in [-0.4, -0.2) is 57.0 Å². The number of carbonyl (C=O) groups is 1. The van der Waals surface area contributed by atoms with Gasteiger partial charge in [0.15, 0.2) is 6.23 Å². The quantitative estimate of drug-likeness (QED) is 0.233. The zero-order chi connectivity index (χ0) is 25.8. The lowest BCUT2D eigenvalue weighted by Crippen LogP contribution is -2.43. The fourth-order valence-corrected chi connectivity index (χ4v) is 5.20. The molecule has 12 nitrogen and oxygen atoms in total. The van der Waals surface area contributed by atoms with Gasteiger partial charge in [-0.15, -0.1) is 11.6 Å². The third-order valence-electron chi connectivity index (χ3n) is 5.19. The van der Waals surface area contributed by atoms with Crippen LogP contribution >= 0.6 is 19.3 Å². The second-order valence-electron chi connectivity index (χ2n) is 7.94. The van der Waals surface area contributed by atoms with Crippen molar-refractivity contribution in [3.05, 3.63) is 63.4 Å². The number of nitrogens with one attached hydrogen (secondary N) is 2. The zero-order valence-electron chi connectivity index (χ0n) is 19.3. The molecule has 0 aliphatic carbocycles. The number of para-hydroxylation sites is 1. The van der Waals surface area contributed by atoms with Gasteiger partial charge in [-0.3, -0.25) is 23.7 Å². The first-order valence-electron chi connectivity index (χ1n) is 10.7. The van der Waals surface area contributed by atoms with E-state index in [4.69, 9.17) is 30.1 Å². The lowest BCUT2D eigenvalue weighted by Gasteiger charge is -2.26. The molecule has 192 valence electrons. The van der Waals surface area contributed by atoms with Crippen molar-refractivity contribution in [3.8, 4) is 5.75 Å². The van der Waals surface area contributed by atoms with Crippen molar-refractivity contribution in [3.63, 3.8) is 0 Å². The van der Waals surface area contributed by atoms with Crippen LogP contribution in [-0.2, 0) is 23.4 Å². The molecular formula is C21H27ClN3O9P. The van der Waals surface area contributed by atoms with E-state index in [1.807, 2.05) is 0 Å². The van der Waals surface area contributed by atoms with Crippen molar-refractivity contribution in [1.82, 2.24) is 14.6 Å². The van der Waals surface area contributed by atoms with Gasteiger partial charge in [0.1, 0.15) is 28.9 Å². The molecule has 2 heterocycles. The van der Waals surface area contributed by atoms with E-state index < -0.39 is 60.9 Å². The predicted molar refractivity (Wildman–Crippen MR) is 125 cm³/mol. The first kappa shape index (κ1) is 27.1. The molecule has 1 saturated heterocycles. The molecule has 3 rings (SSSR count). The summed E-state index contributed by atoms with van der Waals surface area (Å²) in [6.45, 7) is 4.15. The fraction of sp³-hybridized carbons (Fsp3) is 0.476. The maximum absolute atomic E-state index is 13.5. The fourth-order valence-electron chi connectivity index (χ4n) is 3.40. The number of aromatic amines is 1. The summed E-state index contributed by atoms with van der Waals surface area (Å²) in [6, 6.07) is 8.19. The van der Waals surface area contributed by atoms with Crippen LogP contribution in [0.3, 0.4) is 0 Å². The molecule has 0 radical (unpaired) electrons. The minimum Gasteiger partial charge on any atom is -0.465 e. The van der Waals surface area contributed by atoms with Gasteiger partial charge in [0.25, 0.3) is 5.56 Å². The Morgan fingerprint density at radius 1 is 1.34 bits per heavy atom. The van der Waals surface area contributed by atoms with Gasteiger partial charge in [-0.2, -0.15) is 5.09 Å². The number of aromatic nitrogens is 2. The number of alkyl halides is 1. The van der Waals surface area contributed by atoms with Gasteiger partial charge in [0.2, 0.25) is 0 Å².